The first kappa shape index (κ1) is 19.9. The maximum Gasteiger partial charge on any atom is 0.417 e. The van der Waals surface area contributed by atoms with Gasteiger partial charge in [-0.1, -0.05) is 47.1 Å². The first-order valence-electron chi connectivity index (χ1n) is 8.55. The fraction of sp³-hybridized carbons (Fsp3) is 0.158. The van der Waals surface area contributed by atoms with Crippen molar-refractivity contribution >= 4 is 11.6 Å². The third kappa shape index (κ3) is 3.73. The van der Waals surface area contributed by atoms with E-state index in [-0.39, 0.29) is 18.3 Å². The maximum atomic E-state index is 13.0. The van der Waals surface area contributed by atoms with Crippen LogP contribution in [0.25, 0.3) is 22.7 Å². The molecular weight excluding hydrogens is 425 g/mol. The first-order valence-corrected chi connectivity index (χ1v) is 8.93. The summed E-state index contributed by atoms with van der Waals surface area (Å²) in [6.07, 6.45) is -4.01. The molecular formula is C19H12ClF3N4O3. The number of hydrogen-bond acceptors (Lipinski definition) is 6. The Morgan fingerprint density at radius 2 is 1.90 bits per heavy atom. The molecule has 4 rings (SSSR count). The van der Waals surface area contributed by atoms with E-state index in [0.717, 1.165) is 10.1 Å². The number of aryl methyl sites for hydroxylation is 1. The average Bonchev–Trinajstić information content (AvgIpc) is 3.31. The molecule has 30 heavy (non-hydrogen) atoms. The molecule has 11 heteroatoms. The molecule has 0 spiro atoms. The van der Waals surface area contributed by atoms with Crippen LogP contribution in [0.2, 0.25) is 5.02 Å². The minimum Gasteiger partial charge on any atom is -0.419 e. The number of nitrogens with zero attached hydrogens (tertiary/aromatic N) is 4. The molecule has 0 fully saturated rings. The molecule has 0 aliphatic heterocycles. The molecule has 3 aromatic heterocycles. The number of rotatable bonds is 4. The first-order chi connectivity index (χ1) is 14.2. The molecule has 0 saturated carbocycles. The minimum absolute atomic E-state index is 0.0636. The van der Waals surface area contributed by atoms with Gasteiger partial charge in [0.05, 0.1) is 5.56 Å². The molecule has 7 nitrogen and oxygen atoms in total. The van der Waals surface area contributed by atoms with Gasteiger partial charge in [-0.3, -0.25) is 4.79 Å². The summed E-state index contributed by atoms with van der Waals surface area (Å²) in [5, 5.41) is 11.2. The van der Waals surface area contributed by atoms with Crippen molar-refractivity contribution in [3.05, 3.63) is 75.2 Å². The highest BCUT2D eigenvalue weighted by atomic mass is 35.5. The summed E-state index contributed by atoms with van der Waals surface area (Å²) < 4.78 is 50.6. The van der Waals surface area contributed by atoms with Crippen molar-refractivity contribution in [1.29, 1.82) is 0 Å². The number of hydrogen-bond donors (Lipinski definition) is 0. The Kier molecular flexibility index (Phi) is 4.94. The Hall–Kier alpha value is -3.40. The fourth-order valence-corrected chi connectivity index (χ4v) is 3.08. The molecule has 4 aromatic rings. The largest absolute Gasteiger partial charge is 0.419 e. The van der Waals surface area contributed by atoms with Gasteiger partial charge < -0.3 is 13.5 Å². The van der Waals surface area contributed by atoms with Gasteiger partial charge in [0.25, 0.3) is 11.4 Å². The SMILES string of the molecule is Cc1onc(-c2ccccc2)c1-c1nnc(Cn2cc(C(F)(F)F)cc(Cl)c2=O)o1. The molecule has 0 amide bonds. The summed E-state index contributed by atoms with van der Waals surface area (Å²) in [6, 6.07) is 9.72. The lowest BCUT2D eigenvalue weighted by molar-refractivity contribution is -0.138. The maximum absolute atomic E-state index is 13.0. The minimum atomic E-state index is -4.66. The van der Waals surface area contributed by atoms with Gasteiger partial charge in [0, 0.05) is 11.8 Å². The zero-order valence-corrected chi connectivity index (χ0v) is 16.0. The van der Waals surface area contributed by atoms with Gasteiger partial charge in [0.1, 0.15) is 28.6 Å². The number of halogens is 4. The van der Waals surface area contributed by atoms with Crippen molar-refractivity contribution in [2.45, 2.75) is 19.6 Å². The van der Waals surface area contributed by atoms with Crippen molar-refractivity contribution in [3.63, 3.8) is 0 Å². The predicted octanol–water partition coefficient (Wildman–Crippen LogP) is 4.58. The highest BCUT2D eigenvalue weighted by Crippen LogP contribution is 2.33. The Bertz CT molecular complexity index is 1260. The topological polar surface area (TPSA) is 87.0 Å². The van der Waals surface area contributed by atoms with Crippen LogP contribution in [0, 0.1) is 6.92 Å². The molecule has 0 aliphatic rings. The summed E-state index contributed by atoms with van der Waals surface area (Å²) in [4.78, 5) is 12.1. The summed E-state index contributed by atoms with van der Waals surface area (Å²) in [5.74, 6) is 0.402. The second-order valence-corrected chi connectivity index (χ2v) is 6.74. The zero-order chi connectivity index (χ0) is 21.5. The third-order valence-electron chi connectivity index (χ3n) is 4.27. The van der Waals surface area contributed by atoms with Gasteiger partial charge in [-0.2, -0.15) is 13.2 Å². The average molecular weight is 437 g/mol. The van der Waals surface area contributed by atoms with Gasteiger partial charge in [-0.15, -0.1) is 10.2 Å². The molecule has 0 N–H and O–H groups in total. The second-order valence-electron chi connectivity index (χ2n) is 6.34. The molecule has 0 radical (unpaired) electrons. The quantitative estimate of drug-likeness (QED) is 0.465. The van der Waals surface area contributed by atoms with Crippen LogP contribution in [-0.4, -0.2) is 19.9 Å². The van der Waals surface area contributed by atoms with Crippen molar-refractivity contribution in [3.8, 4) is 22.7 Å². The molecule has 0 saturated heterocycles. The molecule has 154 valence electrons. The number of alkyl halides is 3. The lowest BCUT2D eigenvalue weighted by Crippen LogP contribution is -2.23. The Morgan fingerprint density at radius 1 is 1.17 bits per heavy atom. The van der Waals surface area contributed by atoms with Crippen LogP contribution < -0.4 is 5.56 Å². The van der Waals surface area contributed by atoms with E-state index in [1.165, 1.54) is 0 Å². The van der Waals surface area contributed by atoms with Crippen LogP contribution >= 0.6 is 11.6 Å². The summed E-state index contributed by atoms with van der Waals surface area (Å²) in [6.45, 7) is 1.27. The normalized spacial score (nSPS) is 11.8. The standard InChI is InChI=1S/C19H12ClF3N4O3/c1-10-15(16(26-30-10)11-5-3-2-4-6-11)17-25-24-14(29-17)9-27-8-12(19(21,22)23)7-13(20)18(27)28/h2-8H,9H2,1H3. The smallest absolute Gasteiger partial charge is 0.417 e. The molecule has 0 atom stereocenters. The van der Waals surface area contributed by atoms with Gasteiger partial charge >= 0.3 is 6.18 Å². The Labute approximate surface area is 171 Å². The van der Waals surface area contributed by atoms with E-state index >= 15 is 0 Å². The van der Waals surface area contributed by atoms with E-state index < -0.39 is 22.3 Å². The lowest BCUT2D eigenvalue weighted by Gasteiger charge is -2.10. The number of benzene rings is 1. The van der Waals surface area contributed by atoms with Gasteiger partial charge in [0.15, 0.2) is 0 Å². The van der Waals surface area contributed by atoms with E-state index in [0.29, 0.717) is 29.3 Å². The summed E-state index contributed by atoms with van der Waals surface area (Å²) >= 11 is 5.67. The van der Waals surface area contributed by atoms with Gasteiger partial charge in [-0.05, 0) is 13.0 Å². The molecule has 3 heterocycles. The molecule has 0 unspecified atom stereocenters. The van der Waals surface area contributed by atoms with E-state index in [1.54, 1.807) is 6.92 Å². The van der Waals surface area contributed by atoms with Crippen LogP contribution in [0.3, 0.4) is 0 Å². The second kappa shape index (κ2) is 7.45. The molecule has 0 bridgehead atoms. The van der Waals surface area contributed by atoms with Crippen LogP contribution in [0.4, 0.5) is 13.2 Å². The zero-order valence-electron chi connectivity index (χ0n) is 15.3. The third-order valence-corrected chi connectivity index (χ3v) is 4.54. The summed E-state index contributed by atoms with van der Waals surface area (Å²) in [5.41, 5.74) is -0.189. The predicted molar refractivity (Wildman–Crippen MR) is 99.8 cm³/mol. The van der Waals surface area contributed by atoms with Crippen LogP contribution in [0.5, 0.6) is 0 Å². The van der Waals surface area contributed by atoms with Crippen molar-refractivity contribution < 1.29 is 22.1 Å². The van der Waals surface area contributed by atoms with Crippen molar-refractivity contribution in [2.75, 3.05) is 0 Å². The van der Waals surface area contributed by atoms with E-state index in [9.17, 15) is 18.0 Å². The van der Waals surface area contributed by atoms with Gasteiger partial charge in [0.2, 0.25) is 5.89 Å². The van der Waals surface area contributed by atoms with Gasteiger partial charge in [-0.25, -0.2) is 0 Å². The Morgan fingerprint density at radius 3 is 2.60 bits per heavy atom. The lowest BCUT2D eigenvalue weighted by atomic mass is 10.1. The van der Waals surface area contributed by atoms with Crippen LogP contribution in [-0.2, 0) is 12.7 Å². The molecule has 0 aliphatic carbocycles. The van der Waals surface area contributed by atoms with E-state index in [1.807, 2.05) is 30.3 Å². The van der Waals surface area contributed by atoms with Crippen molar-refractivity contribution in [2.24, 2.45) is 0 Å². The van der Waals surface area contributed by atoms with Crippen LogP contribution in [0.1, 0.15) is 17.2 Å². The molecule has 1 aromatic carbocycles. The number of pyridine rings is 1. The highest BCUT2D eigenvalue weighted by molar-refractivity contribution is 6.30. The fourth-order valence-electron chi connectivity index (χ4n) is 2.85. The van der Waals surface area contributed by atoms with E-state index in [4.69, 9.17) is 20.5 Å². The van der Waals surface area contributed by atoms with Crippen LogP contribution in [0.15, 0.2) is 56.3 Å². The van der Waals surface area contributed by atoms with Crippen molar-refractivity contribution in [1.82, 2.24) is 19.9 Å². The van der Waals surface area contributed by atoms with E-state index in [2.05, 4.69) is 15.4 Å². The monoisotopic (exact) mass is 436 g/mol. The highest BCUT2D eigenvalue weighted by Gasteiger charge is 2.32. The Balaban J connectivity index is 1.70. The summed E-state index contributed by atoms with van der Waals surface area (Å²) in [7, 11) is 0. The number of aromatic nitrogens is 4.